The Labute approximate surface area is 167 Å². The van der Waals surface area contributed by atoms with Gasteiger partial charge in [0.2, 0.25) is 0 Å². The molecule has 0 bridgehead atoms. The molecule has 0 aliphatic carbocycles. The molecule has 0 amide bonds. The van der Waals surface area contributed by atoms with Crippen LogP contribution in [0, 0.1) is 0 Å². The maximum Gasteiger partial charge on any atom is 0.573 e. The largest absolute Gasteiger partial charge is 0.573 e. The molecule has 0 aliphatic heterocycles. The van der Waals surface area contributed by atoms with Crippen molar-refractivity contribution in [1.29, 1.82) is 0 Å². The van der Waals surface area contributed by atoms with Gasteiger partial charge < -0.3 is 4.74 Å². The molecule has 156 valence electrons. The molecule has 0 aromatic heterocycles. The maximum atomic E-state index is 14.4. The minimum atomic E-state index is -6.61. The highest BCUT2D eigenvalue weighted by Crippen LogP contribution is 2.56. The summed E-state index contributed by atoms with van der Waals surface area (Å²) in [7, 11) is 0. The van der Waals surface area contributed by atoms with E-state index in [-0.39, 0.29) is 0 Å². The highest BCUT2D eigenvalue weighted by molar-refractivity contribution is 9.10. The van der Waals surface area contributed by atoms with E-state index in [1.165, 1.54) is 0 Å². The van der Waals surface area contributed by atoms with E-state index < -0.39 is 62.0 Å². The van der Waals surface area contributed by atoms with Crippen molar-refractivity contribution in [2.24, 2.45) is 0 Å². The summed E-state index contributed by atoms with van der Waals surface area (Å²) in [5.41, 5.74) is -9.50. The van der Waals surface area contributed by atoms with Crippen LogP contribution in [0.15, 0.2) is 16.6 Å². The molecular weight excluding hydrogens is 536 g/mol. The second-order valence-corrected chi connectivity index (χ2v) is 8.30. The first kappa shape index (κ1) is 24.7. The van der Waals surface area contributed by atoms with E-state index in [4.69, 9.17) is 34.8 Å². The monoisotopic (exact) mass is 538 g/mol. The van der Waals surface area contributed by atoms with Crippen LogP contribution < -0.4 is 4.74 Å². The molecule has 0 unspecified atom stereocenters. The van der Waals surface area contributed by atoms with Crippen LogP contribution in [0.1, 0.15) is 11.1 Å². The number of hydrogen-bond acceptors (Lipinski definition) is 1. The van der Waals surface area contributed by atoms with Gasteiger partial charge in [0.05, 0.1) is 0 Å². The molecule has 27 heavy (non-hydrogen) atoms. The van der Waals surface area contributed by atoms with Gasteiger partial charge >= 0.3 is 24.4 Å². The summed E-state index contributed by atoms with van der Waals surface area (Å²) in [6.45, 7) is 0. The molecule has 1 rings (SSSR count). The topological polar surface area (TPSA) is 9.23 Å². The Kier molecular flexibility index (Phi) is 6.85. The molecule has 0 spiro atoms. The van der Waals surface area contributed by atoms with Gasteiger partial charge in [0, 0.05) is 16.5 Å². The van der Waals surface area contributed by atoms with E-state index in [0.29, 0.717) is 6.07 Å². The molecule has 0 saturated carbocycles. The maximum absolute atomic E-state index is 14.4. The summed E-state index contributed by atoms with van der Waals surface area (Å²) in [6, 6.07) is -0.0408. The lowest BCUT2D eigenvalue weighted by Gasteiger charge is -2.33. The minimum Gasteiger partial charge on any atom is -0.406 e. The van der Waals surface area contributed by atoms with Crippen molar-refractivity contribution >= 4 is 50.7 Å². The number of halogens is 14. The van der Waals surface area contributed by atoms with Gasteiger partial charge in [-0.05, 0) is 17.7 Å². The summed E-state index contributed by atoms with van der Waals surface area (Å²) in [5, 5.41) is 0. The highest BCUT2D eigenvalue weighted by Gasteiger charge is 2.74. The second kappa shape index (κ2) is 7.49. The summed E-state index contributed by atoms with van der Waals surface area (Å²) in [6.07, 6.45) is -19.9. The van der Waals surface area contributed by atoms with E-state index in [0.717, 1.165) is 0 Å². The Morgan fingerprint density at radius 1 is 0.815 bits per heavy atom. The molecule has 0 N–H and O–H groups in total. The van der Waals surface area contributed by atoms with E-state index >= 15 is 0 Å². The third-order valence-electron chi connectivity index (χ3n) is 2.93. The van der Waals surface area contributed by atoms with Crippen LogP contribution in [0.5, 0.6) is 5.75 Å². The first-order valence-electron chi connectivity index (χ1n) is 6.17. The van der Waals surface area contributed by atoms with Gasteiger partial charge in [-0.3, -0.25) is 0 Å². The fourth-order valence-electron chi connectivity index (χ4n) is 1.96. The number of rotatable bonds is 3. The van der Waals surface area contributed by atoms with E-state index in [9.17, 15) is 43.9 Å². The average Bonchev–Trinajstić information content (AvgIpc) is 2.34. The van der Waals surface area contributed by atoms with Crippen molar-refractivity contribution in [3.8, 4) is 5.75 Å². The van der Waals surface area contributed by atoms with Crippen LogP contribution in [0.25, 0.3) is 0 Å². The van der Waals surface area contributed by atoms with Gasteiger partial charge in [-0.15, -0.1) is 13.2 Å². The molecule has 0 radical (unpaired) electrons. The predicted molar refractivity (Wildman–Crippen MR) is 79.7 cm³/mol. The van der Waals surface area contributed by atoms with Crippen LogP contribution in [0.4, 0.5) is 43.9 Å². The van der Waals surface area contributed by atoms with Crippen molar-refractivity contribution in [2.45, 2.75) is 34.6 Å². The first-order valence-corrected chi connectivity index (χ1v) is 8.09. The van der Waals surface area contributed by atoms with Gasteiger partial charge in [0.25, 0.3) is 0 Å². The van der Waals surface area contributed by atoms with Crippen LogP contribution in [-0.2, 0) is 12.1 Å². The smallest absolute Gasteiger partial charge is 0.406 e. The molecule has 0 aliphatic rings. The lowest BCUT2D eigenvalue weighted by atomic mass is 9.88. The number of alkyl halides is 13. The lowest BCUT2D eigenvalue weighted by Crippen LogP contribution is -2.51. The summed E-state index contributed by atoms with van der Waals surface area (Å²) < 4.78 is 129. The van der Waals surface area contributed by atoms with Gasteiger partial charge in [-0.25, -0.2) is 4.39 Å². The summed E-state index contributed by atoms with van der Waals surface area (Å²) >= 11 is 18.5. The van der Waals surface area contributed by atoms with E-state index in [1.807, 2.05) is 0 Å². The van der Waals surface area contributed by atoms with Crippen molar-refractivity contribution in [3.05, 3.63) is 27.7 Å². The highest BCUT2D eigenvalue weighted by atomic mass is 79.9. The van der Waals surface area contributed by atoms with Gasteiger partial charge in [0.1, 0.15) is 5.75 Å². The van der Waals surface area contributed by atoms with Crippen molar-refractivity contribution in [3.63, 3.8) is 0 Å². The summed E-state index contributed by atoms with van der Waals surface area (Å²) in [5.74, 6) is -1.55. The van der Waals surface area contributed by atoms with Crippen molar-refractivity contribution < 1.29 is 48.6 Å². The molecule has 15 heteroatoms. The fourth-order valence-corrected chi connectivity index (χ4v) is 2.94. The Hall–Kier alpha value is -0.330. The average molecular weight is 540 g/mol. The van der Waals surface area contributed by atoms with Crippen LogP contribution in [0.3, 0.4) is 0 Å². The Morgan fingerprint density at radius 3 is 1.59 bits per heavy atom. The van der Waals surface area contributed by atoms with Gasteiger partial charge in [0.15, 0.2) is 3.79 Å². The quantitative estimate of drug-likeness (QED) is 0.284. The van der Waals surface area contributed by atoms with Crippen LogP contribution in [-0.4, -0.2) is 22.5 Å². The van der Waals surface area contributed by atoms with E-state index in [1.54, 1.807) is 0 Å². The van der Waals surface area contributed by atoms with Crippen molar-refractivity contribution in [2.75, 3.05) is 0 Å². The SMILES string of the molecule is FC(F)(F)Oc1cc(Br)c(CC(Cl)(Cl)Cl)c(C(F)(C(F)(F)F)C(F)(F)F)c1. The molecule has 1 nitrogen and oxygen atoms in total. The van der Waals surface area contributed by atoms with Gasteiger partial charge in [-0.2, -0.15) is 26.3 Å². The lowest BCUT2D eigenvalue weighted by molar-refractivity contribution is -0.349. The third kappa shape index (κ3) is 5.83. The summed E-state index contributed by atoms with van der Waals surface area (Å²) in [4.78, 5) is 0. The second-order valence-electron chi connectivity index (χ2n) is 4.92. The van der Waals surface area contributed by atoms with Crippen molar-refractivity contribution in [1.82, 2.24) is 0 Å². The molecule has 0 heterocycles. The van der Waals surface area contributed by atoms with Crippen LogP contribution in [0.2, 0.25) is 0 Å². The molecule has 1 aromatic rings. The van der Waals surface area contributed by atoms with Crippen LogP contribution >= 0.6 is 50.7 Å². The molecule has 0 fully saturated rings. The first-order chi connectivity index (χ1) is 11.7. The zero-order chi connectivity index (χ0) is 21.6. The number of hydrogen-bond donors (Lipinski definition) is 0. The number of ether oxygens (including phenoxy) is 1. The third-order valence-corrected chi connectivity index (χ3v) is 4.04. The molecule has 0 saturated heterocycles. The predicted octanol–water partition coefficient (Wildman–Crippen LogP) is 7.55. The number of benzene rings is 1. The normalized spacial score (nSPS) is 14.4. The zero-order valence-electron chi connectivity index (χ0n) is 12.1. The Balaban J connectivity index is 3.88. The fraction of sp³-hybridized carbons (Fsp3) is 0.500. The molecule has 0 atom stereocenters. The Bertz CT molecular complexity index is 679. The zero-order valence-corrected chi connectivity index (χ0v) is 15.9. The van der Waals surface area contributed by atoms with Gasteiger partial charge in [-0.1, -0.05) is 50.7 Å². The van der Waals surface area contributed by atoms with E-state index in [2.05, 4.69) is 20.7 Å². The molecule has 1 aromatic carbocycles. The molecular formula is C12H4BrCl3F10O. The Morgan fingerprint density at radius 2 is 1.26 bits per heavy atom. The standard InChI is InChI=1S/C12H4BrCl3F10O/c13-7-2-4(27-12(24,25)26)1-6(5(7)3-8(14,15)16)9(17,10(18,19)20)11(21,22)23/h1-2H,3H2. The minimum absolute atomic E-state index is 0.357.